The molecule has 1 aliphatic carbocycles. The van der Waals surface area contributed by atoms with E-state index < -0.39 is 0 Å². The second-order valence-corrected chi connectivity index (χ2v) is 6.34. The molecule has 1 N–H and O–H groups in total. The molecule has 20 heavy (non-hydrogen) atoms. The Morgan fingerprint density at radius 1 is 1.20 bits per heavy atom. The summed E-state index contributed by atoms with van der Waals surface area (Å²) in [5.74, 6) is 1.07. The molecule has 2 aliphatic rings. The summed E-state index contributed by atoms with van der Waals surface area (Å²) in [7, 11) is 0. The van der Waals surface area contributed by atoms with Gasteiger partial charge >= 0.3 is 0 Å². The van der Waals surface area contributed by atoms with Crippen LogP contribution in [0.3, 0.4) is 0 Å². The second-order valence-electron chi connectivity index (χ2n) is 6.34. The van der Waals surface area contributed by atoms with Crippen LogP contribution in [0.4, 0.5) is 0 Å². The molecule has 1 amide bonds. The molecule has 0 aromatic heterocycles. The van der Waals surface area contributed by atoms with Gasteiger partial charge in [-0.1, -0.05) is 31.2 Å². The molecule has 1 aromatic rings. The fourth-order valence-electron chi connectivity index (χ4n) is 2.97. The third kappa shape index (κ3) is 3.40. The predicted octanol–water partition coefficient (Wildman–Crippen LogP) is 2.55. The van der Waals surface area contributed by atoms with Crippen molar-refractivity contribution in [3.63, 3.8) is 0 Å². The van der Waals surface area contributed by atoms with Crippen molar-refractivity contribution in [2.45, 2.75) is 39.3 Å². The predicted molar refractivity (Wildman–Crippen MR) is 80.1 cm³/mol. The van der Waals surface area contributed by atoms with E-state index in [-0.39, 0.29) is 11.8 Å². The maximum Gasteiger partial charge on any atom is 0.223 e. The number of likely N-dealkylation sites (tertiary alicyclic amines) is 1. The van der Waals surface area contributed by atoms with E-state index in [1.165, 1.54) is 37.1 Å². The van der Waals surface area contributed by atoms with Gasteiger partial charge in [0, 0.05) is 19.0 Å². The first kappa shape index (κ1) is 13.6. The highest BCUT2D eigenvalue weighted by atomic mass is 16.2. The third-order valence-electron chi connectivity index (χ3n) is 4.54. The Hall–Kier alpha value is -1.35. The van der Waals surface area contributed by atoms with Crippen LogP contribution in [0.15, 0.2) is 24.3 Å². The van der Waals surface area contributed by atoms with Gasteiger partial charge in [0.2, 0.25) is 5.91 Å². The van der Waals surface area contributed by atoms with Gasteiger partial charge in [0.05, 0.1) is 0 Å². The first-order valence-corrected chi connectivity index (χ1v) is 7.80. The molecule has 2 fully saturated rings. The lowest BCUT2D eigenvalue weighted by Gasteiger charge is -2.14. The quantitative estimate of drug-likeness (QED) is 0.893. The first-order chi connectivity index (χ1) is 9.72. The summed E-state index contributed by atoms with van der Waals surface area (Å²) < 4.78 is 0. The lowest BCUT2D eigenvalue weighted by molar-refractivity contribution is -0.122. The summed E-state index contributed by atoms with van der Waals surface area (Å²) in [6.45, 7) is 6.32. The fraction of sp³-hybridized carbons (Fsp3) is 0.588. The van der Waals surface area contributed by atoms with Crippen molar-refractivity contribution in [2.75, 3.05) is 13.1 Å². The maximum absolute atomic E-state index is 11.8. The maximum atomic E-state index is 11.8. The Morgan fingerprint density at radius 2 is 1.80 bits per heavy atom. The van der Waals surface area contributed by atoms with Crippen LogP contribution in [0.25, 0.3) is 0 Å². The molecule has 0 bridgehead atoms. The Kier molecular flexibility index (Phi) is 4.06. The largest absolute Gasteiger partial charge is 0.352 e. The van der Waals surface area contributed by atoms with Crippen molar-refractivity contribution in [3.05, 3.63) is 35.4 Å². The van der Waals surface area contributed by atoms with E-state index in [4.69, 9.17) is 0 Å². The zero-order valence-corrected chi connectivity index (χ0v) is 12.3. The van der Waals surface area contributed by atoms with Gasteiger partial charge in [-0.15, -0.1) is 0 Å². The zero-order chi connectivity index (χ0) is 13.9. The average molecular weight is 272 g/mol. The van der Waals surface area contributed by atoms with E-state index in [1.807, 2.05) is 0 Å². The molecule has 3 nitrogen and oxygen atoms in total. The molecule has 1 aromatic carbocycles. The van der Waals surface area contributed by atoms with Crippen LogP contribution in [0.2, 0.25) is 0 Å². The Morgan fingerprint density at radius 3 is 2.40 bits per heavy atom. The molecular weight excluding hydrogens is 248 g/mol. The fourth-order valence-corrected chi connectivity index (χ4v) is 2.97. The van der Waals surface area contributed by atoms with Crippen molar-refractivity contribution in [1.29, 1.82) is 0 Å². The summed E-state index contributed by atoms with van der Waals surface area (Å²) >= 11 is 0. The zero-order valence-electron chi connectivity index (χ0n) is 12.3. The van der Waals surface area contributed by atoms with E-state index in [9.17, 15) is 4.79 Å². The lowest BCUT2D eigenvalue weighted by Crippen LogP contribution is -2.24. The number of carbonyl (C=O) groups is 1. The van der Waals surface area contributed by atoms with Gasteiger partial charge in [0.15, 0.2) is 0 Å². The number of nitrogens with zero attached hydrogens (tertiary/aromatic N) is 1. The molecule has 108 valence electrons. The van der Waals surface area contributed by atoms with E-state index >= 15 is 0 Å². The standard InChI is InChI=1S/C17H24N2O/c1-13-10-16(13)17(20)18-11-14-4-6-15(7-5-14)12-19-8-2-3-9-19/h4-7,13,16H,2-3,8-12H2,1H3,(H,18,20)/t13-,16+/m0/s1. The number of benzene rings is 1. The van der Waals surface area contributed by atoms with Gasteiger partial charge in [-0.05, 0) is 49.4 Å². The van der Waals surface area contributed by atoms with Crippen LogP contribution in [0.1, 0.15) is 37.3 Å². The van der Waals surface area contributed by atoms with E-state index in [2.05, 4.69) is 41.4 Å². The lowest BCUT2D eigenvalue weighted by atomic mass is 10.1. The third-order valence-corrected chi connectivity index (χ3v) is 4.54. The minimum absolute atomic E-state index is 0.221. The molecule has 0 spiro atoms. The summed E-state index contributed by atoms with van der Waals surface area (Å²) in [5.41, 5.74) is 2.56. The second kappa shape index (κ2) is 5.96. The molecule has 2 atom stereocenters. The molecule has 0 unspecified atom stereocenters. The minimum Gasteiger partial charge on any atom is -0.352 e. The molecule has 1 heterocycles. The van der Waals surface area contributed by atoms with Crippen molar-refractivity contribution in [2.24, 2.45) is 11.8 Å². The van der Waals surface area contributed by atoms with Crippen LogP contribution in [-0.4, -0.2) is 23.9 Å². The first-order valence-electron chi connectivity index (χ1n) is 7.80. The summed E-state index contributed by atoms with van der Waals surface area (Å²) in [6, 6.07) is 8.67. The smallest absolute Gasteiger partial charge is 0.223 e. The topological polar surface area (TPSA) is 32.3 Å². The number of rotatable bonds is 5. The number of hydrogen-bond donors (Lipinski definition) is 1. The molecule has 1 aliphatic heterocycles. The highest BCUT2D eigenvalue weighted by molar-refractivity contribution is 5.81. The molecule has 0 radical (unpaired) electrons. The molecular formula is C17H24N2O. The van der Waals surface area contributed by atoms with Crippen molar-refractivity contribution in [3.8, 4) is 0 Å². The van der Waals surface area contributed by atoms with Gasteiger partial charge in [-0.2, -0.15) is 0 Å². The average Bonchev–Trinajstić information content (AvgIpc) is 2.98. The van der Waals surface area contributed by atoms with Gasteiger partial charge in [0.25, 0.3) is 0 Å². The number of amides is 1. The molecule has 3 rings (SSSR count). The van der Waals surface area contributed by atoms with Crippen LogP contribution < -0.4 is 5.32 Å². The Balaban J connectivity index is 1.47. The summed E-state index contributed by atoms with van der Waals surface area (Å²) in [6.07, 6.45) is 3.73. The number of nitrogens with one attached hydrogen (secondary N) is 1. The molecule has 1 saturated heterocycles. The van der Waals surface area contributed by atoms with E-state index in [0.29, 0.717) is 12.5 Å². The van der Waals surface area contributed by atoms with Gasteiger partial charge in [-0.25, -0.2) is 0 Å². The van der Waals surface area contributed by atoms with Crippen molar-refractivity contribution >= 4 is 5.91 Å². The van der Waals surface area contributed by atoms with Crippen LogP contribution >= 0.6 is 0 Å². The summed E-state index contributed by atoms with van der Waals surface area (Å²) in [4.78, 5) is 14.3. The van der Waals surface area contributed by atoms with E-state index in [0.717, 1.165) is 13.0 Å². The Labute approximate surface area is 121 Å². The van der Waals surface area contributed by atoms with Gasteiger partial charge in [-0.3, -0.25) is 9.69 Å². The van der Waals surface area contributed by atoms with Crippen molar-refractivity contribution < 1.29 is 4.79 Å². The van der Waals surface area contributed by atoms with Gasteiger partial charge in [0.1, 0.15) is 0 Å². The number of carbonyl (C=O) groups excluding carboxylic acids is 1. The molecule has 3 heteroatoms. The van der Waals surface area contributed by atoms with Crippen molar-refractivity contribution in [1.82, 2.24) is 10.2 Å². The van der Waals surface area contributed by atoms with E-state index in [1.54, 1.807) is 0 Å². The minimum atomic E-state index is 0.221. The highest BCUT2D eigenvalue weighted by Crippen LogP contribution is 2.37. The van der Waals surface area contributed by atoms with Crippen LogP contribution in [-0.2, 0) is 17.9 Å². The number of hydrogen-bond acceptors (Lipinski definition) is 2. The van der Waals surface area contributed by atoms with Crippen LogP contribution in [0, 0.1) is 11.8 Å². The van der Waals surface area contributed by atoms with Gasteiger partial charge < -0.3 is 5.32 Å². The van der Waals surface area contributed by atoms with Crippen LogP contribution in [0.5, 0.6) is 0 Å². The summed E-state index contributed by atoms with van der Waals surface area (Å²) in [5, 5.41) is 3.03. The highest BCUT2D eigenvalue weighted by Gasteiger charge is 2.38. The Bertz CT molecular complexity index is 462. The normalized spacial score (nSPS) is 25.6. The monoisotopic (exact) mass is 272 g/mol. The molecule has 1 saturated carbocycles. The SMILES string of the molecule is C[C@H]1C[C@H]1C(=O)NCc1ccc(CN2CCCC2)cc1.